The van der Waals surface area contributed by atoms with E-state index in [9.17, 15) is 22.4 Å². The van der Waals surface area contributed by atoms with Crippen LogP contribution in [0.15, 0.2) is 40.7 Å². The van der Waals surface area contributed by atoms with Gasteiger partial charge in [0, 0.05) is 17.6 Å². The standard InChI is InChI=1S/C21H26FN3O5S2/c1-14(24-32(28,29)18-11-7-6-10-17(18)22)20(27)30-15(2)19(26)25(21-23-12-13-31-21)16-8-4-3-5-9-16/h6-7,10-16,24H,3-5,8-9H2,1-2H3/t14-,15-/m0/s1. The van der Waals surface area contributed by atoms with Gasteiger partial charge in [-0.25, -0.2) is 17.8 Å². The van der Waals surface area contributed by atoms with Crippen molar-refractivity contribution in [2.75, 3.05) is 4.90 Å². The molecule has 174 valence electrons. The zero-order chi connectivity index (χ0) is 23.3. The molecule has 11 heteroatoms. The lowest BCUT2D eigenvalue weighted by atomic mass is 9.94. The number of ether oxygens (including phenoxy) is 1. The number of sulfonamides is 1. The Hall–Kier alpha value is -2.37. The van der Waals surface area contributed by atoms with Gasteiger partial charge in [0.25, 0.3) is 5.91 Å². The molecule has 1 heterocycles. The second-order valence-corrected chi connectivity index (χ2v) is 10.2. The monoisotopic (exact) mass is 483 g/mol. The van der Waals surface area contributed by atoms with E-state index >= 15 is 0 Å². The Balaban J connectivity index is 1.68. The van der Waals surface area contributed by atoms with E-state index in [1.54, 1.807) is 16.5 Å². The van der Waals surface area contributed by atoms with E-state index in [0.29, 0.717) is 5.13 Å². The molecule has 2 atom stereocenters. The zero-order valence-corrected chi connectivity index (χ0v) is 19.5. The van der Waals surface area contributed by atoms with Gasteiger partial charge in [-0.05, 0) is 38.8 Å². The lowest BCUT2D eigenvalue weighted by Crippen LogP contribution is -2.48. The highest BCUT2D eigenvalue weighted by Crippen LogP contribution is 2.29. The Morgan fingerprint density at radius 1 is 1.22 bits per heavy atom. The van der Waals surface area contributed by atoms with Crippen LogP contribution in [-0.2, 0) is 24.3 Å². The van der Waals surface area contributed by atoms with E-state index in [-0.39, 0.29) is 6.04 Å². The number of anilines is 1. The van der Waals surface area contributed by atoms with E-state index in [4.69, 9.17) is 4.74 Å². The first-order valence-corrected chi connectivity index (χ1v) is 12.8. The predicted molar refractivity (Wildman–Crippen MR) is 118 cm³/mol. The number of thiazole rings is 1. The van der Waals surface area contributed by atoms with Crippen molar-refractivity contribution in [2.24, 2.45) is 0 Å². The Bertz CT molecular complexity index is 1040. The molecule has 0 spiro atoms. The summed E-state index contributed by atoms with van der Waals surface area (Å²) in [6.07, 6.45) is 5.26. The zero-order valence-electron chi connectivity index (χ0n) is 17.9. The van der Waals surface area contributed by atoms with E-state index in [0.717, 1.165) is 44.2 Å². The SMILES string of the molecule is C[C@H](NS(=O)(=O)c1ccccc1F)C(=O)O[C@@H](C)C(=O)N(c1nccs1)C1CCCCC1. The summed E-state index contributed by atoms with van der Waals surface area (Å²) >= 11 is 1.33. The molecule has 0 unspecified atom stereocenters. The maximum atomic E-state index is 13.9. The molecule has 3 rings (SSSR count). The average molecular weight is 484 g/mol. The third kappa shape index (κ3) is 5.70. The Morgan fingerprint density at radius 3 is 2.53 bits per heavy atom. The number of aromatic nitrogens is 1. The van der Waals surface area contributed by atoms with Gasteiger partial charge in [-0.2, -0.15) is 4.72 Å². The maximum absolute atomic E-state index is 13.9. The average Bonchev–Trinajstić information content (AvgIpc) is 3.28. The second kappa shape index (κ2) is 10.5. The van der Waals surface area contributed by atoms with Crippen molar-refractivity contribution in [3.8, 4) is 0 Å². The number of nitrogens with zero attached hydrogens (tertiary/aromatic N) is 2. The van der Waals surface area contributed by atoms with Crippen molar-refractivity contribution in [2.45, 2.75) is 69.0 Å². The minimum Gasteiger partial charge on any atom is -0.451 e. The molecule has 0 saturated heterocycles. The van der Waals surface area contributed by atoms with Crippen LogP contribution < -0.4 is 9.62 Å². The Morgan fingerprint density at radius 2 is 1.91 bits per heavy atom. The lowest BCUT2D eigenvalue weighted by molar-refractivity contribution is -0.155. The molecule has 1 aromatic carbocycles. The number of halogens is 1. The maximum Gasteiger partial charge on any atom is 0.324 e. The highest BCUT2D eigenvalue weighted by atomic mass is 32.2. The van der Waals surface area contributed by atoms with Crippen molar-refractivity contribution >= 4 is 38.4 Å². The normalized spacial score (nSPS) is 16.8. The molecular weight excluding hydrogens is 457 g/mol. The number of nitrogens with one attached hydrogen (secondary N) is 1. The summed E-state index contributed by atoms with van der Waals surface area (Å²) in [5.41, 5.74) is 0. The molecule has 32 heavy (non-hydrogen) atoms. The molecule has 0 bridgehead atoms. The van der Waals surface area contributed by atoms with Crippen molar-refractivity contribution in [1.82, 2.24) is 9.71 Å². The highest BCUT2D eigenvalue weighted by Gasteiger charge is 2.34. The molecule has 1 amide bonds. The van der Waals surface area contributed by atoms with Crippen LogP contribution in [-0.4, -0.2) is 43.5 Å². The van der Waals surface area contributed by atoms with Crippen molar-refractivity contribution in [1.29, 1.82) is 0 Å². The number of rotatable bonds is 8. The number of hydrogen-bond acceptors (Lipinski definition) is 7. The van der Waals surface area contributed by atoms with Crippen LogP contribution in [0.3, 0.4) is 0 Å². The van der Waals surface area contributed by atoms with Gasteiger partial charge in [0.1, 0.15) is 16.8 Å². The lowest BCUT2D eigenvalue weighted by Gasteiger charge is -2.34. The molecule has 1 aliphatic rings. The number of carbonyl (C=O) groups is 2. The molecule has 1 aromatic heterocycles. The Kier molecular flexibility index (Phi) is 7.96. The summed E-state index contributed by atoms with van der Waals surface area (Å²) in [6.45, 7) is 2.72. The van der Waals surface area contributed by atoms with Gasteiger partial charge >= 0.3 is 5.97 Å². The molecule has 0 aliphatic heterocycles. The molecule has 8 nitrogen and oxygen atoms in total. The van der Waals surface area contributed by atoms with Crippen LogP contribution in [0.1, 0.15) is 46.0 Å². The van der Waals surface area contributed by atoms with Crippen LogP contribution in [0, 0.1) is 5.82 Å². The molecule has 2 aromatic rings. The minimum absolute atomic E-state index is 0.0273. The first-order chi connectivity index (χ1) is 15.2. The summed E-state index contributed by atoms with van der Waals surface area (Å²) < 4.78 is 46.1. The van der Waals surface area contributed by atoms with Crippen molar-refractivity contribution < 1.29 is 27.1 Å². The fraction of sp³-hybridized carbons (Fsp3) is 0.476. The van der Waals surface area contributed by atoms with Gasteiger partial charge in [-0.15, -0.1) is 11.3 Å². The van der Waals surface area contributed by atoms with Crippen LogP contribution in [0.2, 0.25) is 0 Å². The van der Waals surface area contributed by atoms with E-state index in [2.05, 4.69) is 9.71 Å². The van der Waals surface area contributed by atoms with Crippen LogP contribution >= 0.6 is 11.3 Å². The van der Waals surface area contributed by atoms with Gasteiger partial charge < -0.3 is 4.74 Å². The minimum atomic E-state index is -4.29. The number of hydrogen-bond donors (Lipinski definition) is 1. The number of amides is 1. The number of esters is 1. The van der Waals surface area contributed by atoms with Crippen LogP contribution in [0.25, 0.3) is 0 Å². The predicted octanol–water partition coefficient (Wildman–Crippen LogP) is 3.25. The number of benzene rings is 1. The number of carbonyl (C=O) groups excluding carboxylic acids is 2. The van der Waals surface area contributed by atoms with Crippen molar-refractivity contribution in [3.05, 3.63) is 41.7 Å². The van der Waals surface area contributed by atoms with Gasteiger partial charge in [0.05, 0.1) is 0 Å². The molecular formula is C21H26FN3O5S2. The first-order valence-electron chi connectivity index (χ1n) is 10.4. The molecule has 0 radical (unpaired) electrons. The molecule has 1 saturated carbocycles. The second-order valence-electron chi connectivity index (χ2n) is 7.67. The van der Waals surface area contributed by atoms with Gasteiger partial charge in [-0.1, -0.05) is 31.4 Å². The Labute approximate surface area is 190 Å². The molecule has 1 N–H and O–H groups in total. The van der Waals surface area contributed by atoms with Gasteiger partial charge in [0.15, 0.2) is 11.2 Å². The first kappa shape index (κ1) is 24.3. The van der Waals surface area contributed by atoms with E-state index in [1.165, 1.54) is 37.3 Å². The van der Waals surface area contributed by atoms with Crippen LogP contribution in [0.4, 0.5) is 9.52 Å². The largest absolute Gasteiger partial charge is 0.451 e. The highest BCUT2D eigenvalue weighted by molar-refractivity contribution is 7.89. The van der Waals surface area contributed by atoms with Crippen molar-refractivity contribution in [3.63, 3.8) is 0 Å². The van der Waals surface area contributed by atoms with Gasteiger partial charge in [0.2, 0.25) is 10.0 Å². The topological polar surface area (TPSA) is 106 Å². The fourth-order valence-corrected chi connectivity index (χ4v) is 5.62. The third-order valence-corrected chi connectivity index (χ3v) is 7.60. The summed E-state index contributed by atoms with van der Waals surface area (Å²) in [5, 5.41) is 2.31. The quantitative estimate of drug-likeness (QED) is 0.578. The summed E-state index contributed by atoms with van der Waals surface area (Å²) in [4.78, 5) is 31.0. The van der Waals surface area contributed by atoms with E-state index < -0.39 is 44.8 Å². The molecule has 1 aliphatic carbocycles. The van der Waals surface area contributed by atoms with E-state index in [1.807, 2.05) is 0 Å². The third-order valence-electron chi connectivity index (χ3n) is 5.25. The van der Waals surface area contributed by atoms with Gasteiger partial charge in [-0.3, -0.25) is 14.5 Å². The summed E-state index contributed by atoms with van der Waals surface area (Å²) in [5.74, 6) is -2.28. The smallest absolute Gasteiger partial charge is 0.324 e. The fourth-order valence-electron chi connectivity index (χ4n) is 3.63. The summed E-state index contributed by atoms with van der Waals surface area (Å²) in [7, 11) is -4.29. The summed E-state index contributed by atoms with van der Waals surface area (Å²) in [6, 6.07) is 3.49. The molecule has 1 fully saturated rings. The van der Waals surface area contributed by atoms with Crippen LogP contribution in [0.5, 0.6) is 0 Å².